The first kappa shape index (κ1) is 12.5. The van der Waals surface area contributed by atoms with E-state index in [1.54, 1.807) is 12.1 Å². The van der Waals surface area contributed by atoms with E-state index < -0.39 is 9.15 Å². The van der Waals surface area contributed by atoms with Crippen LogP contribution in [0.1, 0.15) is 0 Å². The Labute approximate surface area is 93.6 Å². The van der Waals surface area contributed by atoms with E-state index in [9.17, 15) is 13.0 Å². The zero-order chi connectivity index (χ0) is 11.7. The number of rotatable bonds is 3. The predicted molar refractivity (Wildman–Crippen MR) is 61.6 cm³/mol. The lowest BCUT2D eigenvalue weighted by atomic mass is 10.3. The normalized spacial score (nSPS) is 12.8. The summed E-state index contributed by atoms with van der Waals surface area (Å²) in [5, 5.41) is 0. The molecule has 0 fully saturated rings. The van der Waals surface area contributed by atoms with Crippen molar-refractivity contribution in [2.45, 2.75) is 4.90 Å². The van der Waals surface area contributed by atoms with Gasteiger partial charge < -0.3 is 4.55 Å². The minimum Gasteiger partial charge on any atom is -0.739 e. The first-order valence-electron chi connectivity index (χ1n) is 4.26. The second-order valence-corrected chi connectivity index (χ2v) is 7.18. The van der Waals surface area contributed by atoms with Crippen molar-refractivity contribution in [2.75, 3.05) is 21.1 Å². The number of hydrogen-bond donors (Lipinski definition) is 0. The molecule has 1 aromatic rings. The van der Waals surface area contributed by atoms with Crippen molar-refractivity contribution in [1.29, 1.82) is 0 Å². The Morgan fingerprint density at radius 2 is 1.60 bits per heavy atom. The Balaban J connectivity index is 2.91. The standard InChI is InChI=1S/C9H13NO3S2/c1-10(2,3)8-4-6-9(7-5-8)14-15(11,12)13/h4-7H,1-3H3. The first-order valence-corrected chi connectivity index (χ1v) is 7.00. The smallest absolute Gasteiger partial charge is 0.153 e. The lowest BCUT2D eigenvalue weighted by Crippen LogP contribution is -2.34. The van der Waals surface area contributed by atoms with Gasteiger partial charge in [0.1, 0.15) is 5.69 Å². The first-order chi connectivity index (χ1) is 6.68. The molecular formula is C9H13NO3S2. The van der Waals surface area contributed by atoms with E-state index in [4.69, 9.17) is 0 Å². The Bertz CT molecular complexity index is 431. The summed E-state index contributed by atoms with van der Waals surface area (Å²) in [6, 6.07) is 6.90. The average Bonchev–Trinajstić information content (AvgIpc) is 2.00. The number of hydrogen-bond acceptors (Lipinski definition) is 4. The summed E-state index contributed by atoms with van der Waals surface area (Å²) in [6.45, 7) is 0. The molecule has 0 atom stereocenters. The van der Waals surface area contributed by atoms with Gasteiger partial charge in [-0.1, -0.05) is 0 Å². The van der Waals surface area contributed by atoms with Crippen LogP contribution in [0.2, 0.25) is 0 Å². The molecule has 0 amide bonds. The number of benzene rings is 1. The molecule has 0 aliphatic heterocycles. The van der Waals surface area contributed by atoms with Crippen LogP contribution in [-0.4, -0.2) is 34.1 Å². The third-order valence-corrected chi connectivity index (χ3v) is 3.67. The molecule has 0 spiro atoms. The molecule has 0 aliphatic rings. The lowest BCUT2D eigenvalue weighted by molar-refractivity contribution is 0.482. The molecule has 0 heterocycles. The molecule has 0 aromatic heterocycles. The molecular weight excluding hydrogens is 234 g/mol. The van der Waals surface area contributed by atoms with Crippen molar-refractivity contribution in [1.82, 2.24) is 4.48 Å². The molecule has 1 rings (SSSR count). The van der Waals surface area contributed by atoms with Gasteiger partial charge in [0, 0.05) is 17.0 Å². The van der Waals surface area contributed by atoms with Gasteiger partial charge in [-0.15, -0.1) is 0 Å². The van der Waals surface area contributed by atoms with Crippen LogP contribution in [-0.2, 0) is 9.15 Å². The van der Waals surface area contributed by atoms with E-state index >= 15 is 0 Å². The van der Waals surface area contributed by atoms with Gasteiger partial charge in [0.2, 0.25) is 0 Å². The highest BCUT2D eigenvalue weighted by molar-refractivity contribution is 8.69. The van der Waals surface area contributed by atoms with Crippen molar-refractivity contribution in [2.24, 2.45) is 0 Å². The highest BCUT2D eigenvalue weighted by Crippen LogP contribution is 2.26. The van der Waals surface area contributed by atoms with Crippen molar-refractivity contribution in [3.05, 3.63) is 24.3 Å². The third-order valence-electron chi connectivity index (χ3n) is 1.81. The highest BCUT2D eigenvalue weighted by Gasteiger charge is 2.11. The van der Waals surface area contributed by atoms with E-state index in [0.29, 0.717) is 20.2 Å². The quantitative estimate of drug-likeness (QED) is 0.460. The molecule has 0 bridgehead atoms. The fourth-order valence-electron chi connectivity index (χ4n) is 1.07. The number of quaternary nitrogens is 1. The monoisotopic (exact) mass is 247 g/mol. The minimum atomic E-state index is -4.26. The molecule has 0 saturated carbocycles. The molecule has 1 aromatic carbocycles. The molecule has 84 valence electrons. The highest BCUT2D eigenvalue weighted by atomic mass is 33.1. The summed E-state index contributed by atoms with van der Waals surface area (Å²) in [7, 11) is 2.09. The van der Waals surface area contributed by atoms with Crippen molar-refractivity contribution >= 4 is 25.6 Å². The van der Waals surface area contributed by atoms with E-state index in [0.717, 1.165) is 5.69 Å². The average molecular weight is 247 g/mol. The fourth-order valence-corrected chi connectivity index (χ4v) is 2.59. The third kappa shape index (κ3) is 4.21. The summed E-state index contributed by atoms with van der Waals surface area (Å²) in [5.74, 6) is 0. The van der Waals surface area contributed by atoms with E-state index in [1.807, 2.05) is 33.3 Å². The Kier molecular flexibility index (Phi) is 3.44. The zero-order valence-corrected chi connectivity index (χ0v) is 10.4. The SMILES string of the molecule is C[N+](C)(C)c1ccc(SS(=O)(=O)[O-])cc1. The zero-order valence-electron chi connectivity index (χ0n) is 8.80. The Morgan fingerprint density at radius 1 is 1.13 bits per heavy atom. The molecule has 4 nitrogen and oxygen atoms in total. The lowest BCUT2D eigenvalue weighted by Gasteiger charge is -2.23. The van der Waals surface area contributed by atoms with E-state index in [1.165, 1.54) is 0 Å². The van der Waals surface area contributed by atoms with Gasteiger partial charge in [-0.25, -0.2) is 8.42 Å². The summed E-state index contributed by atoms with van der Waals surface area (Å²) in [4.78, 5) is 0.446. The maximum atomic E-state index is 10.5. The van der Waals surface area contributed by atoms with Gasteiger partial charge in [0.25, 0.3) is 0 Å². The van der Waals surface area contributed by atoms with Crippen LogP contribution in [0.5, 0.6) is 0 Å². The molecule has 0 aliphatic carbocycles. The van der Waals surface area contributed by atoms with Crippen LogP contribution in [0.25, 0.3) is 0 Å². The van der Waals surface area contributed by atoms with Gasteiger partial charge in [-0.3, -0.25) is 4.48 Å². The summed E-state index contributed by atoms with van der Waals surface area (Å²) < 4.78 is 32.1. The molecule has 0 saturated heterocycles. The molecule has 0 N–H and O–H groups in total. The molecule has 6 heteroatoms. The topological polar surface area (TPSA) is 57.2 Å². The van der Waals surface area contributed by atoms with Crippen LogP contribution in [0.15, 0.2) is 29.2 Å². The van der Waals surface area contributed by atoms with Gasteiger partial charge in [0.05, 0.1) is 21.1 Å². The Morgan fingerprint density at radius 3 is 1.93 bits per heavy atom. The van der Waals surface area contributed by atoms with E-state index in [2.05, 4.69) is 0 Å². The largest absolute Gasteiger partial charge is 0.739 e. The summed E-state index contributed by atoms with van der Waals surface area (Å²) in [6.07, 6.45) is 0. The summed E-state index contributed by atoms with van der Waals surface area (Å²) >= 11 is 0. The molecule has 0 radical (unpaired) electrons. The van der Waals surface area contributed by atoms with Crippen molar-refractivity contribution in [3.63, 3.8) is 0 Å². The van der Waals surface area contributed by atoms with Gasteiger partial charge >= 0.3 is 0 Å². The molecule has 0 unspecified atom stereocenters. The van der Waals surface area contributed by atoms with Crippen molar-refractivity contribution in [3.8, 4) is 0 Å². The van der Waals surface area contributed by atoms with Gasteiger partial charge in [-0.2, -0.15) is 0 Å². The maximum absolute atomic E-state index is 10.5. The van der Waals surface area contributed by atoms with Gasteiger partial charge in [-0.05, 0) is 22.9 Å². The second kappa shape index (κ2) is 4.13. The van der Waals surface area contributed by atoms with Crippen LogP contribution in [0, 0.1) is 0 Å². The Hall–Kier alpha value is -0.560. The van der Waals surface area contributed by atoms with Crippen LogP contribution < -0.4 is 4.48 Å². The van der Waals surface area contributed by atoms with E-state index in [-0.39, 0.29) is 0 Å². The van der Waals surface area contributed by atoms with Crippen LogP contribution in [0.3, 0.4) is 0 Å². The fraction of sp³-hybridized carbons (Fsp3) is 0.333. The molecule has 15 heavy (non-hydrogen) atoms. The van der Waals surface area contributed by atoms with Crippen LogP contribution in [0.4, 0.5) is 5.69 Å². The van der Waals surface area contributed by atoms with Gasteiger partial charge in [0.15, 0.2) is 9.15 Å². The second-order valence-electron chi connectivity index (χ2n) is 4.00. The van der Waals surface area contributed by atoms with Crippen LogP contribution >= 0.6 is 10.8 Å². The maximum Gasteiger partial charge on any atom is 0.153 e. The van der Waals surface area contributed by atoms with Crippen molar-refractivity contribution < 1.29 is 13.0 Å². The summed E-state index contributed by atoms with van der Waals surface area (Å²) in [5.41, 5.74) is 1.04. The predicted octanol–water partition coefficient (Wildman–Crippen LogP) is 1.44. The minimum absolute atomic E-state index is 0.330. The number of nitrogens with zero attached hydrogens (tertiary/aromatic N) is 1.